The molecule has 0 bridgehead atoms. The lowest BCUT2D eigenvalue weighted by Crippen LogP contribution is -2.49. The van der Waals surface area contributed by atoms with E-state index in [1.54, 1.807) is 0 Å². The third-order valence-electron chi connectivity index (χ3n) is 2.56. The Morgan fingerprint density at radius 2 is 1.69 bits per heavy atom. The number of hydrogen-bond acceptors (Lipinski definition) is 4. The Labute approximate surface area is 105 Å². The molecule has 0 radical (unpaired) electrons. The molecule has 5 nitrogen and oxygen atoms in total. The number of sulfonamides is 1. The van der Waals surface area contributed by atoms with Crippen LogP contribution in [0.2, 0.25) is 0 Å². The fraction of sp³-hybridized carbons (Fsp3) is 1.00. The van der Waals surface area contributed by atoms with Crippen molar-refractivity contribution in [1.29, 1.82) is 0 Å². The van der Waals surface area contributed by atoms with Gasteiger partial charge in [-0.1, -0.05) is 28.8 Å². The minimum Gasteiger partial charge on any atom is -0.228 e. The number of alkyl halides is 1. The molecule has 1 rings (SSSR count). The highest BCUT2D eigenvalue weighted by atomic mass is 79.9. The molecular formula is C8H16BrNO4S2. The molecule has 1 aliphatic rings. The molecule has 0 atom stereocenters. The summed E-state index contributed by atoms with van der Waals surface area (Å²) < 4.78 is 47.8. The predicted octanol–water partition coefficient (Wildman–Crippen LogP) is 0.616. The van der Waals surface area contributed by atoms with Crippen LogP contribution in [0.4, 0.5) is 0 Å². The van der Waals surface area contributed by atoms with Gasteiger partial charge in [0.2, 0.25) is 10.0 Å². The molecule has 0 heterocycles. The predicted molar refractivity (Wildman–Crippen MR) is 66.8 cm³/mol. The topological polar surface area (TPSA) is 80.3 Å². The third kappa shape index (κ3) is 4.31. The largest absolute Gasteiger partial charge is 0.228 e. The van der Waals surface area contributed by atoms with Gasteiger partial charge in [-0.25, -0.2) is 21.6 Å². The summed E-state index contributed by atoms with van der Waals surface area (Å²) in [5.41, 5.74) is -0.497. The van der Waals surface area contributed by atoms with Crippen LogP contribution in [0.25, 0.3) is 0 Å². The van der Waals surface area contributed by atoms with E-state index < -0.39 is 30.5 Å². The van der Waals surface area contributed by atoms with Crippen molar-refractivity contribution in [1.82, 2.24) is 4.72 Å². The molecule has 96 valence electrons. The standard InChI is InChI=1S/C8H16BrNO4S2/c1-15(11,12)7-16(13,14)10-8(6-9)4-2-3-5-8/h10H,2-7H2,1H3. The van der Waals surface area contributed by atoms with Crippen molar-refractivity contribution in [3.8, 4) is 0 Å². The van der Waals surface area contributed by atoms with Crippen molar-refractivity contribution >= 4 is 35.8 Å². The summed E-state index contributed by atoms with van der Waals surface area (Å²) in [4.78, 5) is 0. The van der Waals surface area contributed by atoms with Gasteiger partial charge in [0.1, 0.15) is 0 Å². The first-order valence-corrected chi connectivity index (χ1v) is 9.77. The lowest BCUT2D eigenvalue weighted by Gasteiger charge is -2.27. The van der Waals surface area contributed by atoms with E-state index in [-0.39, 0.29) is 0 Å². The summed E-state index contributed by atoms with van der Waals surface area (Å²) >= 11 is 3.29. The minimum absolute atomic E-state index is 0.497. The lowest BCUT2D eigenvalue weighted by molar-refractivity contribution is 0.439. The summed E-state index contributed by atoms with van der Waals surface area (Å²) in [7, 11) is -7.29. The fourth-order valence-electron chi connectivity index (χ4n) is 1.96. The number of nitrogens with one attached hydrogen (secondary N) is 1. The van der Waals surface area contributed by atoms with E-state index in [0.29, 0.717) is 5.33 Å². The van der Waals surface area contributed by atoms with Crippen LogP contribution in [-0.4, -0.2) is 39.0 Å². The van der Waals surface area contributed by atoms with Gasteiger partial charge in [-0.3, -0.25) is 0 Å². The van der Waals surface area contributed by atoms with Crippen LogP contribution in [-0.2, 0) is 19.9 Å². The van der Waals surface area contributed by atoms with E-state index in [0.717, 1.165) is 31.9 Å². The first-order chi connectivity index (χ1) is 7.18. The van der Waals surface area contributed by atoms with E-state index in [2.05, 4.69) is 20.7 Å². The zero-order chi connectivity index (χ0) is 12.4. The Kier molecular flexibility index (Phi) is 4.42. The Hall–Kier alpha value is 0.340. The van der Waals surface area contributed by atoms with E-state index in [1.807, 2.05) is 0 Å². The van der Waals surface area contributed by atoms with E-state index >= 15 is 0 Å². The average molecular weight is 334 g/mol. The third-order valence-corrected chi connectivity index (χ3v) is 7.33. The quantitative estimate of drug-likeness (QED) is 0.748. The molecule has 8 heteroatoms. The Morgan fingerprint density at radius 1 is 1.19 bits per heavy atom. The molecule has 0 saturated heterocycles. The van der Waals surface area contributed by atoms with Crippen molar-refractivity contribution in [2.24, 2.45) is 0 Å². The normalized spacial score (nSPS) is 21.1. The number of rotatable bonds is 5. The SMILES string of the molecule is CS(=O)(=O)CS(=O)(=O)NC1(CBr)CCCC1. The van der Waals surface area contributed by atoms with Gasteiger partial charge in [-0.05, 0) is 12.8 Å². The second-order valence-electron chi connectivity index (χ2n) is 4.38. The highest BCUT2D eigenvalue weighted by Gasteiger charge is 2.37. The number of hydrogen-bond donors (Lipinski definition) is 1. The van der Waals surface area contributed by atoms with E-state index in [9.17, 15) is 16.8 Å². The Bertz CT molecular complexity index is 437. The van der Waals surface area contributed by atoms with E-state index in [4.69, 9.17) is 0 Å². The Balaban J connectivity index is 2.79. The van der Waals surface area contributed by atoms with Crippen molar-refractivity contribution < 1.29 is 16.8 Å². The molecule has 1 fully saturated rings. The molecule has 0 spiro atoms. The first kappa shape index (κ1) is 14.4. The molecule has 0 aromatic heterocycles. The molecule has 0 aliphatic heterocycles. The summed E-state index contributed by atoms with van der Waals surface area (Å²) in [5, 5.41) is -0.322. The van der Waals surface area contributed by atoms with Crippen LogP contribution in [0.3, 0.4) is 0 Å². The van der Waals surface area contributed by atoms with Crippen molar-refractivity contribution in [2.45, 2.75) is 31.2 Å². The first-order valence-electron chi connectivity index (χ1n) is 4.93. The van der Waals surface area contributed by atoms with Gasteiger partial charge >= 0.3 is 0 Å². The maximum atomic E-state index is 11.7. The molecule has 1 aliphatic carbocycles. The molecule has 0 aromatic rings. The highest BCUT2D eigenvalue weighted by molar-refractivity contribution is 9.09. The molecule has 0 amide bonds. The van der Waals surface area contributed by atoms with Crippen LogP contribution in [0.5, 0.6) is 0 Å². The molecule has 0 aromatic carbocycles. The summed E-state index contributed by atoms with van der Waals surface area (Å²) in [5.74, 6) is 0. The highest BCUT2D eigenvalue weighted by Crippen LogP contribution is 2.31. The smallest absolute Gasteiger partial charge is 0.226 e. The molecule has 1 saturated carbocycles. The van der Waals surface area contributed by atoms with Gasteiger partial charge in [-0.2, -0.15) is 0 Å². The van der Waals surface area contributed by atoms with Crippen LogP contribution < -0.4 is 4.72 Å². The van der Waals surface area contributed by atoms with Gasteiger partial charge in [0, 0.05) is 17.1 Å². The van der Waals surface area contributed by atoms with Gasteiger partial charge in [0.15, 0.2) is 14.9 Å². The summed E-state index contributed by atoms with van der Waals surface area (Å²) in [6.45, 7) is 0. The van der Waals surface area contributed by atoms with Crippen LogP contribution >= 0.6 is 15.9 Å². The van der Waals surface area contributed by atoms with Gasteiger partial charge in [0.05, 0.1) is 0 Å². The van der Waals surface area contributed by atoms with Gasteiger partial charge in [-0.15, -0.1) is 0 Å². The van der Waals surface area contributed by atoms with Crippen molar-refractivity contribution in [3.63, 3.8) is 0 Å². The molecule has 16 heavy (non-hydrogen) atoms. The van der Waals surface area contributed by atoms with E-state index in [1.165, 1.54) is 0 Å². The fourth-order valence-corrected chi connectivity index (χ4v) is 6.27. The average Bonchev–Trinajstić information content (AvgIpc) is 2.48. The minimum atomic E-state index is -3.76. The van der Waals surface area contributed by atoms with Crippen LogP contribution in [0.15, 0.2) is 0 Å². The van der Waals surface area contributed by atoms with Crippen molar-refractivity contribution in [2.75, 3.05) is 16.7 Å². The van der Waals surface area contributed by atoms with Gasteiger partial charge < -0.3 is 0 Å². The Morgan fingerprint density at radius 3 is 2.06 bits per heavy atom. The van der Waals surface area contributed by atoms with Crippen LogP contribution in [0.1, 0.15) is 25.7 Å². The van der Waals surface area contributed by atoms with Gasteiger partial charge in [0.25, 0.3) is 0 Å². The molecular weight excluding hydrogens is 318 g/mol. The van der Waals surface area contributed by atoms with Crippen LogP contribution in [0, 0.1) is 0 Å². The molecule has 0 unspecified atom stereocenters. The maximum Gasteiger partial charge on any atom is 0.226 e. The lowest BCUT2D eigenvalue weighted by atomic mass is 10.0. The number of sulfone groups is 1. The van der Waals surface area contributed by atoms with Crippen molar-refractivity contribution in [3.05, 3.63) is 0 Å². The zero-order valence-electron chi connectivity index (χ0n) is 9.07. The summed E-state index contributed by atoms with van der Waals surface area (Å²) in [6, 6.07) is 0. The molecule has 1 N–H and O–H groups in total. The second kappa shape index (κ2) is 4.91. The monoisotopic (exact) mass is 333 g/mol. The summed E-state index contributed by atoms with van der Waals surface area (Å²) in [6.07, 6.45) is 4.35. The number of halogens is 1. The zero-order valence-corrected chi connectivity index (χ0v) is 12.3. The second-order valence-corrected chi connectivity index (χ2v) is 9.17. The maximum absolute atomic E-state index is 11.7.